The number of hydrogen-bond donors (Lipinski definition) is 2. The second kappa shape index (κ2) is 9.28. The number of methoxy groups -OCH3 is 1. The molecule has 0 aliphatic carbocycles. The van der Waals surface area contributed by atoms with Crippen molar-refractivity contribution in [3.63, 3.8) is 0 Å². The van der Waals surface area contributed by atoms with Crippen molar-refractivity contribution in [1.82, 2.24) is 10.2 Å². The van der Waals surface area contributed by atoms with Gasteiger partial charge in [-0.3, -0.25) is 4.79 Å². The second-order valence-electron chi connectivity index (χ2n) is 5.46. The number of nitrogens with one attached hydrogen (secondary N) is 1. The van der Waals surface area contributed by atoms with Gasteiger partial charge in [0.05, 0.1) is 12.6 Å². The SMILES string of the molecule is CCCNC(CCN1CCCC(COC)C1)C(N)=O. The number of nitrogens with zero attached hydrogens (tertiary/aromatic N) is 1. The summed E-state index contributed by atoms with van der Waals surface area (Å²) >= 11 is 0. The van der Waals surface area contributed by atoms with Crippen molar-refractivity contribution in [2.24, 2.45) is 11.7 Å². The van der Waals surface area contributed by atoms with E-state index in [0.717, 1.165) is 45.6 Å². The molecule has 1 fully saturated rings. The summed E-state index contributed by atoms with van der Waals surface area (Å²) in [5.41, 5.74) is 5.43. The number of piperidine rings is 1. The number of ether oxygens (including phenoxy) is 1. The van der Waals surface area contributed by atoms with Crippen LogP contribution in [0.5, 0.6) is 0 Å². The van der Waals surface area contributed by atoms with Crippen LogP contribution in [0.3, 0.4) is 0 Å². The Labute approximate surface area is 116 Å². The summed E-state index contributed by atoms with van der Waals surface area (Å²) < 4.78 is 5.23. The molecular formula is C14H29N3O2. The van der Waals surface area contributed by atoms with E-state index in [1.807, 2.05) is 0 Å². The van der Waals surface area contributed by atoms with Crippen LogP contribution in [-0.2, 0) is 9.53 Å². The van der Waals surface area contributed by atoms with Crippen LogP contribution in [0.25, 0.3) is 0 Å². The zero-order chi connectivity index (χ0) is 14.1. The third-order valence-electron chi connectivity index (χ3n) is 3.72. The fraction of sp³-hybridized carbons (Fsp3) is 0.929. The van der Waals surface area contributed by atoms with Crippen molar-refractivity contribution >= 4 is 5.91 Å². The third-order valence-corrected chi connectivity index (χ3v) is 3.72. The highest BCUT2D eigenvalue weighted by Crippen LogP contribution is 2.16. The van der Waals surface area contributed by atoms with E-state index in [0.29, 0.717) is 5.92 Å². The molecule has 1 rings (SSSR count). The van der Waals surface area contributed by atoms with Gasteiger partial charge < -0.3 is 20.7 Å². The van der Waals surface area contributed by atoms with Crippen LogP contribution < -0.4 is 11.1 Å². The first-order valence-corrected chi connectivity index (χ1v) is 7.41. The summed E-state index contributed by atoms with van der Waals surface area (Å²) in [4.78, 5) is 13.8. The lowest BCUT2D eigenvalue weighted by Crippen LogP contribution is -2.45. The molecule has 0 aromatic carbocycles. The monoisotopic (exact) mass is 271 g/mol. The van der Waals surface area contributed by atoms with E-state index in [-0.39, 0.29) is 11.9 Å². The number of nitrogens with two attached hydrogens (primary N) is 1. The first kappa shape index (κ1) is 16.4. The Morgan fingerprint density at radius 2 is 2.37 bits per heavy atom. The molecular weight excluding hydrogens is 242 g/mol. The van der Waals surface area contributed by atoms with Crippen LogP contribution in [-0.4, -0.2) is 56.7 Å². The van der Waals surface area contributed by atoms with Crippen molar-refractivity contribution in [2.45, 2.75) is 38.6 Å². The Bertz CT molecular complexity index is 259. The summed E-state index contributed by atoms with van der Waals surface area (Å²) in [7, 11) is 1.76. The molecule has 0 radical (unpaired) electrons. The Balaban J connectivity index is 2.30. The summed E-state index contributed by atoms with van der Waals surface area (Å²) in [5, 5.41) is 3.22. The molecule has 3 N–H and O–H groups in total. The van der Waals surface area contributed by atoms with Gasteiger partial charge >= 0.3 is 0 Å². The zero-order valence-electron chi connectivity index (χ0n) is 12.4. The normalized spacial score (nSPS) is 22.3. The summed E-state index contributed by atoms with van der Waals surface area (Å²) in [5.74, 6) is 0.397. The van der Waals surface area contributed by atoms with Gasteiger partial charge in [-0.25, -0.2) is 0 Å². The first-order valence-electron chi connectivity index (χ1n) is 7.41. The molecule has 0 bridgehead atoms. The predicted molar refractivity (Wildman–Crippen MR) is 76.9 cm³/mol. The maximum Gasteiger partial charge on any atom is 0.234 e. The minimum atomic E-state index is -0.237. The lowest BCUT2D eigenvalue weighted by molar-refractivity contribution is -0.120. The van der Waals surface area contributed by atoms with Crippen molar-refractivity contribution in [3.05, 3.63) is 0 Å². The Morgan fingerprint density at radius 1 is 1.58 bits per heavy atom. The van der Waals surface area contributed by atoms with Crippen LogP contribution in [0.2, 0.25) is 0 Å². The van der Waals surface area contributed by atoms with Gasteiger partial charge in [0.25, 0.3) is 0 Å². The van der Waals surface area contributed by atoms with E-state index < -0.39 is 0 Å². The number of carbonyl (C=O) groups is 1. The lowest BCUT2D eigenvalue weighted by Gasteiger charge is -2.33. The number of likely N-dealkylation sites (tertiary alicyclic amines) is 1. The molecule has 1 aliphatic rings. The molecule has 5 nitrogen and oxygen atoms in total. The molecule has 0 spiro atoms. The lowest BCUT2D eigenvalue weighted by atomic mass is 9.98. The van der Waals surface area contributed by atoms with E-state index in [4.69, 9.17) is 10.5 Å². The number of amides is 1. The minimum absolute atomic E-state index is 0.192. The molecule has 1 heterocycles. The summed E-state index contributed by atoms with van der Waals surface area (Å²) in [6.45, 7) is 6.91. The maximum absolute atomic E-state index is 11.4. The molecule has 2 unspecified atom stereocenters. The highest BCUT2D eigenvalue weighted by Gasteiger charge is 2.21. The molecule has 5 heteroatoms. The van der Waals surface area contributed by atoms with Gasteiger partial charge in [-0.2, -0.15) is 0 Å². The van der Waals surface area contributed by atoms with Gasteiger partial charge in [0.15, 0.2) is 0 Å². The Hall–Kier alpha value is -0.650. The molecule has 1 aliphatic heterocycles. The van der Waals surface area contributed by atoms with Gasteiger partial charge in [-0.15, -0.1) is 0 Å². The topological polar surface area (TPSA) is 67.6 Å². The molecule has 1 amide bonds. The number of primary amides is 1. The van der Waals surface area contributed by atoms with Crippen LogP contribution >= 0.6 is 0 Å². The largest absolute Gasteiger partial charge is 0.384 e. The van der Waals surface area contributed by atoms with E-state index in [2.05, 4.69) is 17.1 Å². The predicted octanol–water partition coefficient (Wildman–Crippen LogP) is 0.588. The fourth-order valence-electron chi connectivity index (χ4n) is 2.70. The quantitative estimate of drug-likeness (QED) is 0.644. The van der Waals surface area contributed by atoms with Gasteiger partial charge in [0, 0.05) is 20.2 Å². The summed E-state index contributed by atoms with van der Waals surface area (Å²) in [6.07, 6.45) is 4.29. The maximum atomic E-state index is 11.4. The van der Waals surface area contributed by atoms with E-state index in [1.165, 1.54) is 12.8 Å². The van der Waals surface area contributed by atoms with Gasteiger partial charge in [-0.1, -0.05) is 6.92 Å². The van der Waals surface area contributed by atoms with Crippen LogP contribution in [0, 0.1) is 5.92 Å². The van der Waals surface area contributed by atoms with Crippen molar-refractivity contribution in [3.8, 4) is 0 Å². The van der Waals surface area contributed by atoms with Crippen LogP contribution in [0.4, 0.5) is 0 Å². The molecule has 19 heavy (non-hydrogen) atoms. The molecule has 2 atom stereocenters. The Kier molecular flexibility index (Phi) is 8.02. The zero-order valence-corrected chi connectivity index (χ0v) is 12.4. The molecule has 1 saturated heterocycles. The van der Waals surface area contributed by atoms with E-state index in [1.54, 1.807) is 7.11 Å². The number of rotatable bonds is 9. The molecule has 0 aromatic heterocycles. The minimum Gasteiger partial charge on any atom is -0.384 e. The number of hydrogen-bond acceptors (Lipinski definition) is 4. The smallest absolute Gasteiger partial charge is 0.234 e. The third kappa shape index (κ3) is 6.36. The van der Waals surface area contributed by atoms with Crippen molar-refractivity contribution in [2.75, 3.05) is 39.9 Å². The molecule has 0 saturated carbocycles. The average Bonchev–Trinajstić information content (AvgIpc) is 2.39. The summed E-state index contributed by atoms with van der Waals surface area (Å²) in [6, 6.07) is -0.192. The Morgan fingerprint density at radius 3 is 3.00 bits per heavy atom. The van der Waals surface area contributed by atoms with E-state index >= 15 is 0 Å². The second-order valence-corrected chi connectivity index (χ2v) is 5.46. The molecule has 0 aromatic rings. The van der Waals surface area contributed by atoms with Crippen LogP contribution in [0.1, 0.15) is 32.6 Å². The van der Waals surface area contributed by atoms with Crippen LogP contribution in [0.15, 0.2) is 0 Å². The number of carbonyl (C=O) groups excluding carboxylic acids is 1. The van der Waals surface area contributed by atoms with Crippen molar-refractivity contribution in [1.29, 1.82) is 0 Å². The first-order chi connectivity index (χ1) is 9.17. The molecule has 112 valence electrons. The fourth-order valence-corrected chi connectivity index (χ4v) is 2.70. The highest BCUT2D eigenvalue weighted by molar-refractivity contribution is 5.79. The van der Waals surface area contributed by atoms with Gasteiger partial charge in [0.1, 0.15) is 0 Å². The van der Waals surface area contributed by atoms with E-state index in [9.17, 15) is 4.79 Å². The average molecular weight is 271 g/mol. The highest BCUT2D eigenvalue weighted by atomic mass is 16.5. The van der Waals surface area contributed by atoms with Crippen molar-refractivity contribution < 1.29 is 9.53 Å². The standard InChI is InChI=1S/C14H29N3O2/c1-3-7-16-13(14(15)18)6-9-17-8-4-5-12(10-17)11-19-2/h12-13,16H,3-11H2,1-2H3,(H2,15,18). The van der Waals surface area contributed by atoms with Gasteiger partial charge in [-0.05, 0) is 44.7 Å². The van der Waals surface area contributed by atoms with Gasteiger partial charge in [0.2, 0.25) is 5.91 Å².